The zero-order valence-electron chi connectivity index (χ0n) is 11.0. The van der Waals surface area contributed by atoms with Crippen LogP contribution in [0.2, 0.25) is 0 Å². The molecular weight excluding hydrogens is 346 g/mol. The molecule has 0 bridgehead atoms. The van der Waals surface area contributed by atoms with Crippen LogP contribution in [0.3, 0.4) is 0 Å². The summed E-state index contributed by atoms with van der Waals surface area (Å²) in [6, 6.07) is 3.59. The van der Waals surface area contributed by atoms with E-state index in [4.69, 9.17) is 15.0 Å². The van der Waals surface area contributed by atoms with E-state index in [0.29, 0.717) is 12.3 Å². The first-order valence-corrected chi connectivity index (χ1v) is 7.44. The van der Waals surface area contributed by atoms with Gasteiger partial charge in [-0.3, -0.25) is 4.79 Å². The zero-order chi connectivity index (χ0) is 14.7. The molecule has 8 heteroatoms. The number of methoxy groups -OCH3 is 1. The van der Waals surface area contributed by atoms with Crippen LogP contribution >= 0.6 is 27.3 Å². The number of hydrogen-bond donors (Lipinski definition) is 2. The number of anilines is 1. The Morgan fingerprint density at radius 3 is 3.00 bits per heavy atom. The largest absolute Gasteiger partial charge is 0.383 e. The second-order valence-electron chi connectivity index (χ2n) is 4.20. The molecule has 6 nitrogen and oxygen atoms in total. The van der Waals surface area contributed by atoms with Crippen molar-refractivity contribution < 1.29 is 14.1 Å². The number of nitrogen functional groups attached to an aromatic ring is 1. The van der Waals surface area contributed by atoms with Gasteiger partial charge < -0.3 is 20.3 Å². The van der Waals surface area contributed by atoms with Crippen LogP contribution in [0.15, 0.2) is 20.4 Å². The highest BCUT2D eigenvalue weighted by Crippen LogP contribution is 2.34. The lowest BCUT2D eigenvalue weighted by atomic mass is 10.2. The summed E-state index contributed by atoms with van der Waals surface area (Å²) >= 11 is 4.82. The van der Waals surface area contributed by atoms with Crippen LogP contribution in [0, 0.1) is 0 Å². The number of halogens is 1. The Hall–Kier alpha value is -1.38. The molecule has 3 N–H and O–H groups in total. The molecule has 2 heterocycles. The fourth-order valence-corrected chi connectivity index (χ4v) is 3.09. The summed E-state index contributed by atoms with van der Waals surface area (Å²) in [6.07, 6.45) is 0. The lowest BCUT2D eigenvalue weighted by Gasteiger charge is -2.12. The molecule has 0 aliphatic carbocycles. The summed E-state index contributed by atoms with van der Waals surface area (Å²) < 4.78 is 10.9. The maximum atomic E-state index is 12.3. The Kier molecular flexibility index (Phi) is 4.79. The third kappa shape index (κ3) is 3.20. The lowest BCUT2D eigenvalue weighted by molar-refractivity contribution is 0.0906. The number of nitrogens with two attached hydrogens (primary N) is 1. The van der Waals surface area contributed by atoms with E-state index in [-0.39, 0.29) is 23.4 Å². The molecule has 0 aliphatic rings. The van der Waals surface area contributed by atoms with E-state index in [9.17, 15) is 4.79 Å². The fraction of sp³-hybridized carbons (Fsp3) is 0.333. The molecule has 2 aromatic heterocycles. The Morgan fingerprint density at radius 2 is 2.40 bits per heavy atom. The van der Waals surface area contributed by atoms with E-state index < -0.39 is 0 Å². The van der Waals surface area contributed by atoms with Crippen LogP contribution in [-0.2, 0) is 4.74 Å². The molecule has 1 atom stereocenters. The van der Waals surface area contributed by atoms with Gasteiger partial charge in [0.15, 0.2) is 0 Å². The van der Waals surface area contributed by atoms with Crippen molar-refractivity contribution in [1.82, 2.24) is 10.5 Å². The highest BCUT2D eigenvalue weighted by Gasteiger charge is 2.24. The van der Waals surface area contributed by atoms with Crippen molar-refractivity contribution in [3.8, 4) is 10.6 Å². The van der Waals surface area contributed by atoms with Gasteiger partial charge in [-0.05, 0) is 35.0 Å². The van der Waals surface area contributed by atoms with Gasteiger partial charge in [0.25, 0.3) is 5.91 Å². The normalized spacial score (nSPS) is 12.3. The van der Waals surface area contributed by atoms with Gasteiger partial charge in [-0.15, -0.1) is 11.3 Å². The van der Waals surface area contributed by atoms with Crippen molar-refractivity contribution in [2.45, 2.75) is 13.0 Å². The number of amides is 1. The smallest absolute Gasteiger partial charge is 0.259 e. The van der Waals surface area contributed by atoms with E-state index >= 15 is 0 Å². The molecule has 1 unspecified atom stereocenters. The van der Waals surface area contributed by atoms with Gasteiger partial charge in [0.05, 0.1) is 15.3 Å². The summed E-state index contributed by atoms with van der Waals surface area (Å²) in [5.74, 6) is -0.320. The highest BCUT2D eigenvalue weighted by atomic mass is 79.9. The standard InChI is InChI=1S/C12H14BrN3O3S/c1-6(5-18-2)15-12(17)9-10(16-19-11(9)14)7-3-4-8(13)20-7/h3-4,6H,5,14H2,1-2H3,(H,15,17). The topological polar surface area (TPSA) is 90.4 Å². The molecule has 0 saturated heterocycles. The van der Waals surface area contributed by atoms with Gasteiger partial charge in [0, 0.05) is 13.2 Å². The van der Waals surface area contributed by atoms with Gasteiger partial charge in [-0.2, -0.15) is 0 Å². The van der Waals surface area contributed by atoms with E-state index in [0.717, 1.165) is 8.66 Å². The maximum Gasteiger partial charge on any atom is 0.259 e. The summed E-state index contributed by atoms with van der Waals surface area (Å²) in [5, 5.41) is 6.66. The molecule has 2 rings (SSSR count). The van der Waals surface area contributed by atoms with Gasteiger partial charge in [0.2, 0.25) is 5.88 Å². The summed E-state index contributed by atoms with van der Waals surface area (Å²) in [4.78, 5) is 13.1. The van der Waals surface area contributed by atoms with Gasteiger partial charge in [-0.1, -0.05) is 5.16 Å². The SMILES string of the molecule is COCC(C)NC(=O)c1c(-c2ccc(Br)s2)noc1N. The molecule has 0 aliphatic heterocycles. The van der Waals surface area contributed by atoms with Crippen LogP contribution in [0.4, 0.5) is 5.88 Å². The second kappa shape index (κ2) is 6.38. The van der Waals surface area contributed by atoms with Crippen molar-refractivity contribution in [2.24, 2.45) is 0 Å². The van der Waals surface area contributed by atoms with E-state index in [1.165, 1.54) is 11.3 Å². The number of thiophene rings is 1. The second-order valence-corrected chi connectivity index (χ2v) is 6.67. The van der Waals surface area contributed by atoms with E-state index in [1.807, 2.05) is 19.1 Å². The summed E-state index contributed by atoms with van der Waals surface area (Å²) in [6.45, 7) is 2.25. The average Bonchev–Trinajstić information content (AvgIpc) is 2.95. The number of rotatable bonds is 5. The van der Waals surface area contributed by atoms with E-state index in [1.54, 1.807) is 7.11 Å². The molecule has 108 valence electrons. The number of ether oxygens (including phenoxy) is 1. The highest BCUT2D eigenvalue weighted by molar-refractivity contribution is 9.11. The molecular formula is C12H14BrN3O3S. The molecule has 2 aromatic rings. The number of carbonyl (C=O) groups excluding carboxylic acids is 1. The summed E-state index contributed by atoms with van der Waals surface area (Å²) in [7, 11) is 1.57. The van der Waals surface area contributed by atoms with Gasteiger partial charge in [-0.25, -0.2) is 0 Å². The van der Waals surface area contributed by atoms with Crippen molar-refractivity contribution in [3.63, 3.8) is 0 Å². The van der Waals surface area contributed by atoms with Crippen LogP contribution in [0.25, 0.3) is 10.6 Å². The Labute approximate surface area is 128 Å². The molecule has 0 aromatic carbocycles. The van der Waals surface area contributed by atoms with Crippen LogP contribution in [0.1, 0.15) is 17.3 Å². The molecule has 1 amide bonds. The molecule has 0 fully saturated rings. The number of hydrogen-bond acceptors (Lipinski definition) is 6. The monoisotopic (exact) mass is 359 g/mol. The third-order valence-electron chi connectivity index (χ3n) is 2.55. The predicted octanol–water partition coefficient (Wildman–Crippen LogP) is 2.51. The van der Waals surface area contributed by atoms with E-state index in [2.05, 4.69) is 26.4 Å². The van der Waals surface area contributed by atoms with Crippen molar-refractivity contribution in [1.29, 1.82) is 0 Å². The van der Waals surface area contributed by atoms with Crippen molar-refractivity contribution in [3.05, 3.63) is 21.5 Å². The number of nitrogens with one attached hydrogen (secondary N) is 1. The molecule has 20 heavy (non-hydrogen) atoms. The number of carbonyl (C=O) groups is 1. The zero-order valence-corrected chi connectivity index (χ0v) is 13.4. The van der Waals surface area contributed by atoms with Crippen molar-refractivity contribution in [2.75, 3.05) is 19.5 Å². The summed E-state index contributed by atoms with van der Waals surface area (Å²) in [5.41, 5.74) is 6.40. The van der Waals surface area contributed by atoms with Crippen LogP contribution in [0.5, 0.6) is 0 Å². The maximum absolute atomic E-state index is 12.3. The fourth-order valence-electron chi connectivity index (χ4n) is 1.72. The minimum absolute atomic E-state index is 0.00615. The molecule has 0 saturated carbocycles. The Balaban J connectivity index is 2.27. The first-order valence-electron chi connectivity index (χ1n) is 5.83. The minimum atomic E-state index is -0.326. The quantitative estimate of drug-likeness (QED) is 0.855. The predicted molar refractivity (Wildman–Crippen MR) is 80.7 cm³/mol. The van der Waals surface area contributed by atoms with Crippen molar-refractivity contribution >= 4 is 39.1 Å². The third-order valence-corrected chi connectivity index (χ3v) is 4.18. The molecule has 0 radical (unpaired) electrons. The minimum Gasteiger partial charge on any atom is -0.383 e. The first-order chi connectivity index (χ1) is 9.52. The Bertz CT molecular complexity index is 611. The van der Waals surface area contributed by atoms with Crippen LogP contribution in [-0.4, -0.2) is 30.8 Å². The number of aromatic nitrogens is 1. The van der Waals surface area contributed by atoms with Gasteiger partial charge >= 0.3 is 0 Å². The lowest BCUT2D eigenvalue weighted by Crippen LogP contribution is -2.36. The Morgan fingerprint density at radius 1 is 1.65 bits per heavy atom. The van der Waals surface area contributed by atoms with Gasteiger partial charge in [0.1, 0.15) is 11.3 Å². The first kappa shape index (κ1) is 15.0. The number of nitrogens with zero attached hydrogens (tertiary/aromatic N) is 1. The van der Waals surface area contributed by atoms with Crippen LogP contribution < -0.4 is 11.1 Å². The molecule has 0 spiro atoms. The average molecular weight is 360 g/mol.